The van der Waals surface area contributed by atoms with E-state index < -0.39 is 69.5 Å². The summed E-state index contributed by atoms with van der Waals surface area (Å²) in [5.74, 6) is -22.0. The molecule has 1 aliphatic carbocycles. The molecule has 0 N–H and O–H groups in total. The van der Waals surface area contributed by atoms with E-state index in [0.29, 0.717) is 0 Å². The molecule has 0 aromatic heterocycles. The number of hydrogen-bond acceptors (Lipinski definition) is 0. The van der Waals surface area contributed by atoms with Crippen molar-refractivity contribution < 1.29 is 43.9 Å². The van der Waals surface area contributed by atoms with Gasteiger partial charge < -0.3 is 0 Å². The van der Waals surface area contributed by atoms with Crippen LogP contribution in [0, 0.1) is 29.1 Å². The van der Waals surface area contributed by atoms with Crippen LogP contribution in [0.15, 0.2) is 23.3 Å². The second-order valence-corrected chi connectivity index (χ2v) is 4.23. The first-order valence-electron chi connectivity index (χ1n) is 5.57. The van der Waals surface area contributed by atoms with E-state index >= 15 is 0 Å². The van der Waals surface area contributed by atoms with E-state index in [1.165, 1.54) is 0 Å². The van der Waals surface area contributed by atoms with Crippen molar-refractivity contribution in [3.63, 3.8) is 0 Å². The van der Waals surface area contributed by atoms with Gasteiger partial charge in [0.2, 0.25) is 0 Å². The summed E-state index contributed by atoms with van der Waals surface area (Å²) in [5, 5.41) is 0. The van der Waals surface area contributed by atoms with E-state index in [4.69, 9.17) is 0 Å². The molecule has 11 heteroatoms. The van der Waals surface area contributed by atoms with Crippen LogP contribution in [-0.4, -0.2) is 18.6 Å². The molecule has 2 rings (SSSR count). The summed E-state index contributed by atoms with van der Waals surface area (Å²) in [4.78, 5) is 0. The molecule has 0 saturated carbocycles. The maximum atomic E-state index is 13.4. The zero-order valence-corrected chi connectivity index (χ0v) is 10.4. The van der Waals surface area contributed by atoms with Gasteiger partial charge in [0.1, 0.15) is 0 Å². The Bertz CT molecular complexity index is 735. The Hall–Kier alpha value is -2.07. The Morgan fingerprint density at radius 2 is 0.913 bits per heavy atom. The van der Waals surface area contributed by atoms with E-state index in [0.717, 1.165) is 0 Å². The van der Waals surface area contributed by atoms with Crippen LogP contribution in [0.1, 0.15) is 0 Å². The van der Waals surface area contributed by atoms with Crippen molar-refractivity contribution in [1.82, 2.24) is 0 Å². The van der Waals surface area contributed by atoms with Crippen molar-refractivity contribution >= 4 is 17.8 Å². The fraction of sp³-hybridized carbons (Fsp3) is 0.0833. The second-order valence-electron chi connectivity index (χ2n) is 4.23. The minimum absolute atomic E-state index is 0.355. The van der Waals surface area contributed by atoms with Gasteiger partial charge in [0.15, 0.2) is 0 Å². The van der Waals surface area contributed by atoms with Crippen LogP contribution in [0.2, 0.25) is 0 Å². The molecule has 1 aromatic rings. The first-order valence-corrected chi connectivity index (χ1v) is 5.57. The summed E-state index contributed by atoms with van der Waals surface area (Å²) in [6.07, 6.45) is -3.41. The van der Waals surface area contributed by atoms with Gasteiger partial charge in [0.25, 0.3) is 0 Å². The summed E-state index contributed by atoms with van der Waals surface area (Å²) in [6.45, 7) is -0.355. The number of rotatable bonds is 1. The maximum absolute atomic E-state index is 13.4. The molecule has 0 heterocycles. The van der Waals surface area contributed by atoms with Gasteiger partial charge in [0.05, 0.1) is 0 Å². The predicted molar refractivity (Wildman–Crippen MR) is 60.0 cm³/mol. The number of halogens is 10. The van der Waals surface area contributed by atoms with E-state index in [-0.39, 0.29) is 6.92 Å². The molecule has 0 saturated heterocycles. The van der Waals surface area contributed by atoms with Crippen LogP contribution in [0.25, 0.3) is 0 Å². The first kappa shape index (κ1) is 17.3. The quantitative estimate of drug-likeness (QED) is 0.316. The fourth-order valence-electron chi connectivity index (χ4n) is 1.71. The average Bonchev–Trinajstić information content (AvgIpc) is 2.54. The van der Waals surface area contributed by atoms with Crippen molar-refractivity contribution in [3.8, 4) is 0 Å². The summed E-state index contributed by atoms with van der Waals surface area (Å²) in [5.41, 5.74) is -3.68. The van der Waals surface area contributed by atoms with E-state index in [1.54, 1.807) is 0 Å². The molecular formula is C12HBF10. The van der Waals surface area contributed by atoms with Crippen LogP contribution >= 0.6 is 0 Å². The third kappa shape index (κ3) is 2.57. The normalized spacial score (nSPS) is 18.7. The Labute approximate surface area is 121 Å². The van der Waals surface area contributed by atoms with Gasteiger partial charge in [-0.15, -0.1) is 0 Å². The van der Waals surface area contributed by atoms with Crippen molar-refractivity contribution in [2.45, 2.75) is 6.17 Å². The van der Waals surface area contributed by atoms with Crippen molar-refractivity contribution in [1.29, 1.82) is 0 Å². The number of alkyl halides is 1. The molecule has 0 amide bonds. The molecule has 122 valence electrons. The molecule has 0 fully saturated rings. The summed E-state index contributed by atoms with van der Waals surface area (Å²) < 4.78 is 131. The third-order valence-corrected chi connectivity index (χ3v) is 2.87. The standard InChI is InChI=1S/C12HBF10/c14-3-1(4(15)8(19)11(22)7(3)18)13-2-5(16)9(20)12(23)10(21)6(2)17/h11H. The molecule has 0 aliphatic heterocycles. The monoisotopic (exact) mass is 346 g/mol. The second kappa shape index (κ2) is 5.86. The molecule has 23 heavy (non-hydrogen) atoms. The summed E-state index contributed by atoms with van der Waals surface area (Å²) in [7, 11) is 0. The molecule has 0 radical (unpaired) electrons. The predicted octanol–water partition coefficient (Wildman–Crippen LogP) is 3.54. The SMILES string of the molecule is FC1=C(F)C(F)C(F)=C(F)C1=Bc1c(F)c(F)c(F)c(F)c1F. The molecule has 1 aliphatic rings. The molecule has 0 unspecified atom stereocenters. The average molecular weight is 346 g/mol. The van der Waals surface area contributed by atoms with Crippen LogP contribution in [0.4, 0.5) is 43.9 Å². The molecule has 1 aromatic carbocycles. The van der Waals surface area contributed by atoms with E-state index in [9.17, 15) is 43.9 Å². The van der Waals surface area contributed by atoms with Crippen LogP contribution in [-0.2, 0) is 0 Å². The van der Waals surface area contributed by atoms with Gasteiger partial charge in [0, 0.05) is 0 Å². The van der Waals surface area contributed by atoms with Gasteiger partial charge in [-0.3, -0.25) is 0 Å². The van der Waals surface area contributed by atoms with Crippen LogP contribution < -0.4 is 5.46 Å². The zero-order valence-electron chi connectivity index (χ0n) is 10.4. The third-order valence-electron chi connectivity index (χ3n) is 2.87. The van der Waals surface area contributed by atoms with Crippen molar-refractivity contribution in [3.05, 3.63) is 52.4 Å². The zero-order chi connectivity index (χ0) is 17.6. The number of benzene rings is 1. The summed E-state index contributed by atoms with van der Waals surface area (Å²) >= 11 is 0. The molecule has 0 spiro atoms. The fourth-order valence-corrected chi connectivity index (χ4v) is 1.71. The molecule has 0 bridgehead atoms. The van der Waals surface area contributed by atoms with Gasteiger partial charge in [-0.05, 0) is 0 Å². The van der Waals surface area contributed by atoms with Crippen LogP contribution in [0.5, 0.6) is 0 Å². The van der Waals surface area contributed by atoms with Gasteiger partial charge in [-0.25, -0.2) is 0 Å². The first-order chi connectivity index (χ1) is 10.6. The van der Waals surface area contributed by atoms with E-state index in [1.807, 2.05) is 0 Å². The van der Waals surface area contributed by atoms with E-state index in [2.05, 4.69) is 0 Å². The number of allylic oxidation sites excluding steroid dienone is 4. The van der Waals surface area contributed by atoms with Gasteiger partial charge >= 0.3 is 120 Å². The van der Waals surface area contributed by atoms with Crippen molar-refractivity contribution in [2.24, 2.45) is 0 Å². The topological polar surface area (TPSA) is 0 Å². The minimum atomic E-state index is -3.41. The Kier molecular flexibility index (Phi) is 4.40. The Morgan fingerprint density at radius 1 is 0.565 bits per heavy atom. The van der Waals surface area contributed by atoms with Gasteiger partial charge in [-0.1, -0.05) is 0 Å². The number of hydrogen-bond donors (Lipinski definition) is 0. The van der Waals surface area contributed by atoms with Crippen molar-refractivity contribution in [2.75, 3.05) is 0 Å². The molecule has 0 atom stereocenters. The van der Waals surface area contributed by atoms with Crippen LogP contribution in [0.3, 0.4) is 0 Å². The molecule has 0 nitrogen and oxygen atoms in total. The van der Waals surface area contributed by atoms with Gasteiger partial charge in [-0.2, -0.15) is 0 Å². The molecular weight excluding hydrogens is 345 g/mol. The Balaban J connectivity index is 2.77. The summed E-state index contributed by atoms with van der Waals surface area (Å²) in [6, 6.07) is 0. The Morgan fingerprint density at radius 3 is 1.30 bits per heavy atom.